The van der Waals surface area contributed by atoms with Gasteiger partial charge in [0, 0.05) is 42.5 Å². The van der Waals surface area contributed by atoms with E-state index >= 15 is 0 Å². The highest BCUT2D eigenvalue weighted by molar-refractivity contribution is 6.30. The van der Waals surface area contributed by atoms with Gasteiger partial charge in [0.15, 0.2) is 0 Å². The summed E-state index contributed by atoms with van der Waals surface area (Å²) < 4.78 is 0. The summed E-state index contributed by atoms with van der Waals surface area (Å²) in [7, 11) is 0. The van der Waals surface area contributed by atoms with Crippen molar-refractivity contribution in [2.24, 2.45) is 0 Å². The molecule has 3 amide bonds. The minimum Gasteiger partial charge on any atom is -0.348 e. The molecular weight excluding hydrogens is 410 g/mol. The molecule has 1 aliphatic heterocycles. The monoisotopic (exact) mass is 433 g/mol. The largest absolute Gasteiger partial charge is 0.348 e. The molecule has 0 spiro atoms. The molecule has 5 nitrogen and oxygen atoms in total. The first-order valence-electron chi connectivity index (χ1n) is 10.3. The second kappa shape index (κ2) is 9.67. The minimum atomic E-state index is -0.155. The molecule has 4 rings (SSSR count). The van der Waals surface area contributed by atoms with E-state index in [9.17, 15) is 9.59 Å². The summed E-state index contributed by atoms with van der Waals surface area (Å²) in [4.78, 5) is 29.1. The van der Waals surface area contributed by atoms with Crippen LogP contribution in [0.4, 0.5) is 10.5 Å². The molecule has 0 radical (unpaired) electrons. The first kappa shape index (κ1) is 20.9. The third-order valence-corrected chi connectivity index (χ3v) is 5.59. The zero-order valence-electron chi connectivity index (χ0n) is 17.1. The van der Waals surface area contributed by atoms with Crippen molar-refractivity contribution in [1.82, 2.24) is 10.2 Å². The lowest BCUT2D eigenvalue weighted by atomic mass is 10.1. The number of hydrogen-bond donors (Lipinski definition) is 1. The molecule has 0 bridgehead atoms. The molecule has 0 saturated carbocycles. The van der Waals surface area contributed by atoms with Gasteiger partial charge in [-0.25, -0.2) is 4.79 Å². The number of hydrogen-bond acceptors (Lipinski definition) is 2. The van der Waals surface area contributed by atoms with Crippen LogP contribution in [0.25, 0.3) is 0 Å². The number of rotatable bonds is 6. The molecule has 0 aliphatic carbocycles. The number of carbonyl (C=O) groups excluding carboxylic acids is 2. The molecule has 0 atom stereocenters. The van der Waals surface area contributed by atoms with Crippen molar-refractivity contribution >= 4 is 29.2 Å². The number of halogens is 1. The van der Waals surface area contributed by atoms with Crippen LogP contribution in [0.15, 0.2) is 78.9 Å². The van der Waals surface area contributed by atoms with Crippen molar-refractivity contribution in [1.29, 1.82) is 0 Å². The van der Waals surface area contributed by atoms with E-state index in [0.29, 0.717) is 30.2 Å². The summed E-state index contributed by atoms with van der Waals surface area (Å²) >= 11 is 5.89. The van der Waals surface area contributed by atoms with E-state index in [1.54, 1.807) is 29.2 Å². The molecule has 1 N–H and O–H groups in total. The Bertz CT molecular complexity index is 1040. The van der Waals surface area contributed by atoms with Gasteiger partial charge >= 0.3 is 6.03 Å². The van der Waals surface area contributed by atoms with Gasteiger partial charge in [-0.3, -0.25) is 9.69 Å². The lowest BCUT2D eigenvalue weighted by Gasteiger charge is -2.35. The van der Waals surface area contributed by atoms with Crippen LogP contribution < -0.4 is 10.2 Å². The van der Waals surface area contributed by atoms with Gasteiger partial charge in [0.2, 0.25) is 0 Å². The summed E-state index contributed by atoms with van der Waals surface area (Å²) in [6, 6.07) is 24.6. The van der Waals surface area contributed by atoms with Crippen LogP contribution in [-0.2, 0) is 13.1 Å². The lowest BCUT2D eigenvalue weighted by Crippen LogP contribution is -2.49. The maximum absolute atomic E-state index is 13.0. The zero-order chi connectivity index (χ0) is 21.6. The van der Waals surface area contributed by atoms with Crippen molar-refractivity contribution in [2.45, 2.75) is 19.5 Å². The number of nitrogens with zero attached hydrogens (tertiary/aromatic N) is 2. The average Bonchev–Trinajstić information content (AvgIpc) is 2.81. The van der Waals surface area contributed by atoms with Gasteiger partial charge in [0.25, 0.3) is 5.91 Å². The van der Waals surface area contributed by atoms with Gasteiger partial charge in [0.05, 0.1) is 0 Å². The number of urea groups is 1. The van der Waals surface area contributed by atoms with Crippen LogP contribution in [0.3, 0.4) is 0 Å². The highest BCUT2D eigenvalue weighted by atomic mass is 35.5. The van der Waals surface area contributed by atoms with Crippen molar-refractivity contribution in [2.75, 3.05) is 18.0 Å². The maximum atomic E-state index is 13.0. The second-order valence-corrected chi connectivity index (χ2v) is 7.99. The molecule has 158 valence electrons. The third kappa shape index (κ3) is 5.25. The summed E-state index contributed by atoms with van der Waals surface area (Å²) in [6.45, 7) is 2.44. The summed E-state index contributed by atoms with van der Waals surface area (Å²) in [6.07, 6.45) is 0.905. The van der Waals surface area contributed by atoms with Crippen LogP contribution in [0, 0.1) is 0 Å². The van der Waals surface area contributed by atoms with Crippen molar-refractivity contribution < 1.29 is 9.59 Å². The quantitative estimate of drug-likeness (QED) is 0.587. The molecule has 3 aromatic carbocycles. The summed E-state index contributed by atoms with van der Waals surface area (Å²) in [5, 5.41) is 3.57. The number of amides is 3. The highest BCUT2D eigenvalue weighted by Gasteiger charge is 2.26. The standard InChI is InChI=1S/C25H24ClN3O2/c26-22-11-7-19(8-12-22)17-27-24(30)21-9-13-23(14-10-21)29-16-4-15-28(25(29)31)18-20-5-2-1-3-6-20/h1-3,5-14H,4,15-18H2,(H,27,30). The maximum Gasteiger partial charge on any atom is 0.324 e. The van der Waals surface area contributed by atoms with Crippen LogP contribution >= 0.6 is 11.6 Å². The number of nitrogens with one attached hydrogen (secondary N) is 1. The first-order chi connectivity index (χ1) is 15.1. The molecule has 31 heavy (non-hydrogen) atoms. The van der Waals surface area contributed by atoms with E-state index in [4.69, 9.17) is 11.6 Å². The summed E-state index contributed by atoms with van der Waals surface area (Å²) in [5.41, 5.74) is 3.46. The molecule has 0 aromatic heterocycles. The predicted octanol–water partition coefficient (Wildman–Crippen LogP) is 5.10. The van der Waals surface area contributed by atoms with Crippen LogP contribution in [0.5, 0.6) is 0 Å². The van der Waals surface area contributed by atoms with Crippen LogP contribution in [0.2, 0.25) is 5.02 Å². The van der Waals surface area contributed by atoms with Gasteiger partial charge < -0.3 is 10.2 Å². The molecule has 6 heteroatoms. The topological polar surface area (TPSA) is 52.7 Å². The van der Waals surface area contributed by atoms with Gasteiger partial charge in [-0.2, -0.15) is 0 Å². The van der Waals surface area contributed by atoms with Gasteiger partial charge in [-0.05, 0) is 53.9 Å². The van der Waals surface area contributed by atoms with Crippen LogP contribution in [-0.4, -0.2) is 29.9 Å². The summed E-state index contributed by atoms with van der Waals surface area (Å²) in [5.74, 6) is -0.155. The smallest absolute Gasteiger partial charge is 0.324 e. The molecule has 1 aliphatic rings. The fourth-order valence-electron chi connectivity index (χ4n) is 3.65. The number of anilines is 1. The molecule has 3 aromatic rings. The van der Waals surface area contributed by atoms with E-state index in [2.05, 4.69) is 5.32 Å². The molecule has 0 unspecified atom stereocenters. The van der Waals surface area contributed by atoms with E-state index in [1.807, 2.05) is 59.5 Å². The van der Waals surface area contributed by atoms with E-state index in [-0.39, 0.29) is 11.9 Å². The molecular formula is C25H24ClN3O2. The lowest BCUT2D eigenvalue weighted by molar-refractivity contribution is 0.0951. The minimum absolute atomic E-state index is 0.00459. The Labute approximate surface area is 187 Å². The van der Waals surface area contributed by atoms with Gasteiger partial charge in [-0.1, -0.05) is 54.1 Å². The fraction of sp³-hybridized carbons (Fsp3) is 0.200. The Morgan fingerprint density at radius 3 is 2.29 bits per heavy atom. The normalized spacial score (nSPS) is 13.9. The fourth-order valence-corrected chi connectivity index (χ4v) is 3.78. The van der Waals surface area contributed by atoms with E-state index in [1.165, 1.54) is 0 Å². The van der Waals surface area contributed by atoms with Crippen LogP contribution in [0.1, 0.15) is 27.9 Å². The Hall–Kier alpha value is -3.31. The Morgan fingerprint density at radius 1 is 0.871 bits per heavy atom. The van der Waals surface area contributed by atoms with Crippen molar-refractivity contribution in [3.8, 4) is 0 Å². The average molecular weight is 434 g/mol. The third-order valence-electron chi connectivity index (χ3n) is 5.33. The SMILES string of the molecule is O=C(NCc1ccc(Cl)cc1)c1ccc(N2CCCN(Cc3ccccc3)C2=O)cc1. The van der Waals surface area contributed by atoms with Gasteiger partial charge in [0.1, 0.15) is 0 Å². The highest BCUT2D eigenvalue weighted by Crippen LogP contribution is 2.22. The Morgan fingerprint density at radius 2 is 1.58 bits per heavy atom. The van der Waals surface area contributed by atoms with Crippen molar-refractivity contribution in [3.63, 3.8) is 0 Å². The molecule has 1 saturated heterocycles. The predicted molar refractivity (Wildman–Crippen MR) is 123 cm³/mol. The Kier molecular flexibility index (Phi) is 6.53. The Balaban J connectivity index is 1.38. The van der Waals surface area contributed by atoms with E-state index < -0.39 is 0 Å². The van der Waals surface area contributed by atoms with E-state index in [0.717, 1.165) is 29.8 Å². The number of carbonyl (C=O) groups is 2. The van der Waals surface area contributed by atoms with Crippen molar-refractivity contribution in [3.05, 3.63) is 101 Å². The number of benzene rings is 3. The van der Waals surface area contributed by atoms with Gasteiger partial charge in [-0.15, -0.1) is 0 Å². The second-order valence-electron chi connectivity index (χ2n) is 7.55. The molecule has 1 heterocycles. The zero-order valence-corrected chi connectivity index (χ0v) is 17.9. The molecule has 1 fully saturated rings. The first-order valence-corrected chi connectivity index (χ1v) is 10.7.